The fraction of sp³-hybridized carbons (Fsp3) is 0.304. The second-order valence-corrected chi connectivity index (χ2v) is 8.72. The second-order valence-electron chi connectivity index (χ2n) is 7.78. The Balaban J connectivity index is 1.60. The van der Waals surface area contributed by atoms with E-state index < -0.39 is 4.92 Å². The van der Waals surface area contributed by atoms with Crippen molar-refractivity contribution < 1.29 is 14.5 Å². The Labute approximate surface area is 201 Å². The predicted molar refractivity (Wildman–Crippen MR) is 131 cm³/mol. The van der Waals surface area contributed by atoms with Crippen molar-refractivity contribution in [3.63, 3.8) is 0 Å². The van der Waals surface area contributed by atoms with Crippen LogP contribution < -0.4 is 10.6 Å². The molecule has 3 aromatic rings. The maximum atomic E-state index is 12.6. The maximum Gasteiger partial charge on any atom is 0.269 e. The monoisotopic (exact) mass is 482 g/mol. The first-order valence-corrected chi connectivity index (χ1v) is 11.6. The van der Waals surface area contributed by atoms with Crippen molar-refractivity contribution >= 4 is 40.6 Å². The van der Waals surface area contributed by atoms with E-state index in [0.29, 0.717) is 28.8 Å². The number of nitrogens with one attached hydrogen (secondary N) is 2. The van der Waals surface area contributed by atoms with Crippen LogP contribution >= 0.6 is 11.8 Å². The highest BCUT2D eigenvalue weighted by molar-refractivity contribution is 7.99. The predicted octanol–water partition coefficient (Wildman–Crippen LogP) is 4.04. The molecule has 10 nitrogen and oxygen atoms in total. The average Bonchev–Trinajstić information content (AvgIpc) is 3.16. The molecule has 0 aliphatic carbocycles. The lowest BCUT2D eigenvalue weighted by molar-refractivity contribution is -0.384. The molecule has 1 aromatic heterocycles. The standard InChI is InChI=1S/C23H26N6O4S/c1-5-28-20(12-21(30)24-18-8-6-14(2)10-15(18)3)26-27-23(28)34-13-22(31)25-19-9-7-17(29(32)33)11-16(19)4/h6-11H,5,12-13H2,1-4H3,(H,24,30)(H,25,31). The Hall–Kier alpha value is -3.73. The van der Waals surface area contributed by atoms with Gasteiger partial charge in [-0.05, 0) is 51.0 Å². The van der Waals surface area contributed by atoms with E-state index in [1.807, 2.05) is 39.0 Å². The molecule has 2 aromatic carbocycles. The van der Waals surface area contributed by atoms with Gasteiger partial charge in [-0.2, -0.15) is 0 Å². The largest absolute Gasteiger partial charge is 0.325 e. The number of nitro groups is 1. The Morgan fingerprint density at radius 1 is 1.00 bits per heavy atom. The van der Waals surface area contributed by atoms with Gasteiger partial charge < -0.3 is 15.2 Å². The lowest BCUT2D eigenvalue weighted by Gasteiger charge is -2.10. The van der Waals surface area contributed by atoms with Crippen LogP contribution in [0.1, 0.15) is 29.4 Å². The summed E-state index contributed by atoms with van der Waals surface area (Å²) >= 11 is 1.21. The summed E-state index contributed by atoms with van der Waals surface area (Å²) in [5.41, 5.74) is 3.94. The van der Waals surface area contributed by atoms with Crippen LogP contribution in [0.2, 0.25) is 0 Å². The summed E-state index contributed by atoms with van der Waals surface area (Å²) in [6.45, 7) is 8.09. The molecule has 3 rings (SSSR count). The van der Waals surface area contributed by atoms with Gasteiger partial charge in [0.15, 0.2) is 5.16 Å². The highest BCUT2D eigenvalue weighted by Crippen LogP contribution is 2.23. The number of hydrogen-bond donors (Lipinski definition) is 2. The van der Waals surface area contributed by atoms with Crippen molar-refractivity contribution in [1.29, 1.82) is 0 Å². The van der Waals surface area contributed by atoms with Crippen LogP contribution in [-0.4, -0.2) is 37.3 Å². The van der Waals surface area contributed by atoms with Crippen molar-refractivity contribution in [2.45, 2.75) is 45.8 Å². The summed E-state index contributed by atoms with van der Waals surface area (Å²) in [6, 6.07) is 10.1. The van der Waals surface area contributed by atoms with Gasteiger partial charge in [-0.1, -0.05) is 29.5 Å². The highest BCUT2D eigenvalue weighted by Gasteiger charge is 2.17. The number of benzene rings is 2. The SMILES string of the molecule is CCn1c(CC(=O)Nc2ccc(C)cc2C)nnc1SCC(=O)Nc1ccc([N+](=O)[O-])cc1C. The second kappa shape index (κ2) is 10.9. The van der Waals surface area contributed by atoms with Crippen LogP contribution in [0, 0.1) is 30.9 Å². The van der Waals surface area contributed by atoms with Crippen LogP contribution in [0.5, 0.6) is 0 Å². The number of anilines is 2. The zero-order chi connectivity index (χ0) is 24.8. The zero-order valence-corrected chi connectivity index (χ0v) is 20.2. The molecule has 0 radical (unpaired) electrons. The Morgan fingerprint density at radius 3 is 2.26 bits per heavy atom. The summed E-state index contributed by atoms with van der Waals surface area (Å²) in [6.07, 6.45) is 0.0584. The van der Waals surface area contributed by atoms with E-state index in [-0.39, 0.29) is 29.7 Å². The van der Waals surface area contributed by atoms with Crippen molar-refractivity contribution in [1.82, 2.24) is 14.8 Å². The van der Waals surface area contributed by atoms with E-state index in [9.17, 15) is 19.7 Å². The van der Waals surface area contributed by atoms with Gasteiger partial charge in [-0.25, -0.2) is 0 Å². The third-order valence-electron chi connectivity index (χ3n) is 5.11. The van der Waals surface area contributed by atoms with Gasteiger partial charge in [0, 0.05) is 30.1 Å². The first-order valence-electron chi connectivity index (χ1n) is 10.6. The summed E-state index contributed by atoms with van der Waals surface area (Å²) in [4.78, 5) is 35.4. The number of nitrogens with zero attached hydrogens (tertiary/aromatic N) is 4. The summed E-state index contributed by atoms with van der Waals surface area (Å²) in [5, 5.41) is 25.4. The van der Waals surface area contributed by atoms with Gasteiger partial charge >= 0.3 is 0 Å². The van der Waals surface area contributed by atoms with Gasteiger partial charge in [0.2, 0.25) is 11.8 Å². The minimum absolute atomic E-state index is 0.0324. The number of rotatable bonds is 9. The molecule has 178 valence electrons. The summed E-state index contributed by atoms with van der Waals surface area (Å²) in [7, 11) is 0. The van der Waals surface area contributed by atoms with Crippen molar-refractivity contribution in [2.24, 2.45) is 0 Å². The molecule has 2 amide bonds. The quantitative estimate of drug-likeness (QED) is 0.267. The van der Waals surface area contributed by atoms with E-state index in [1.165, 1.54) is 30.0 Å². The van der Waals surface area contributed by atoms with E-state index in [2.05, 4.69) is 20.8 Å². The fourth-order valence-electron chi connectivity index (χ4n) is 3.38. The zero-order valence-electron chi connectivity index (χ0n) is 19.4. The lowest BCUT2D eigenvalue weighted by Crippen LogP contribution is -2.18. The van der Waals surface area contributed by atoms with Gasteiger partial charge in [0.1, 0.15) is 5.82 Å². The molecule has 0 atom stereocenters. The van der Waals surface area contributed by atoms with E-state index in [1.54, 1.807) is 11.5 Å². The number of non-ortho nitro benzene ring substituents is 1. The molecule has 0 aliphatic rings. The normalized spacial score (nSPS) is 10.7. The van der Waals surface area contributed by atoms with Crippen LogP contribution in [0.3, 0.4) is 0 Å². The van der Waals surface area contributed by atoms with Crippen molar-refractivity contribution in [3.8, 4) is 0 Å². The molecule has 0 aliphatic heterocycles. The van der Waals surface area contributed by atoms with Crippen LogP contribution in [0.4, 0.5) is 17.1 Å². The molecule has 0 saturated heterocycles. The topological polar surface area (TPSA) is 132 Å². The first-order chi connectivity index (χ1) is 16.2. The van der Waals surface area contributed by atoms with E-state index >= 15 is 0 Å². The number of hydrogen-bond acceptors (Lipinski definition) is 7. The average molecular weight is 483 g/mol. The molecule has 1 heterocycles. The number of thioether (sulfide) groups is 1. The van der Waals surface area contributed by atoms with Gasteiger partial charge in [-0.15, -0.1) is 10.2 Å². The molecular weight excluding hydrogens is 456 g/mol. The van der Waals surface area contributed by atoms with Crippen molar-refractivity contribution in [2.75, 3.05) is 16.4 Å². The fourth-order valence-corrected chi connectivity index (χ4v) is 4.21. The first kappa shape index (κ1) is 24.9. The molecule has 34 heavy (non-hydrogen) atoms. The number of carbonyl (C=O) groups excluding carboxylic acids is 2. The molecular formula is C23H26N6O4S. The third-order valence-corrected chi connectivity index (χ3v) is 6.08. The van der Waals surface area contributed by atoms with Gasteiger partial charge in [0.05, 0.1) is 17.1 Å². The Kier molecular flexibility index (Phi) is 8.00. The molecule has 0 unspecified atom stereocenters. The van der Waals surface area contributed by atoms with Crippen LogP contribution in [0.25, 0.3) is 0 Å². The summed E-state index contributed by atoms with van der Waals surface area (Å²) < 4.78 is 1.80. The minimum atomic E-state index is -0.480. The highest BCUT2D eigenvalue weighted by atomic mass is 32.2. The molecule has 0 saturated carbocycles. The number of amides is 2. The van der Waals surface area contributed by atoms with Crippen LogP contribution in [0.15, 0.2) is 41.6 Å². The van der Waals surface area contributed by atoms with E-state index in [0.717, 1.165) is 16.8 Å². The van der Waals surface area contributed by atoms with Gasteiger partial charge in [-0.3, -0.25) is 19.7 Å². The Morgan fingerprint density at radius 2 is 1.65 bits per heavy atom. The van der Waals surface area contributed by atoms with E-state index in [4.69, 9.17) is 0 Å². The number of aryl methyl sites for hydroxylation is 3. The summed E-state index contributed by atoms with van der Waals surface area (Å²) in [5.74, 6) is 0.112. The third kappa shape index (κ3) is 6.19. The molecule has 0 fully saturated rings. The maximum absolute atomic E-state index is 12.6. The van der Waals surface area contributed by atoms with Crippen LogP contribution in [-0.2, 0) is 22.6 Å². The molecule has 0 bridgehead atoms. The number of aromatic nitrogens is 3. The smallest absolute Gasteiger partial charge is 0.269 e. The molecule has 0 spiro atoms. The van der Waals surface area contributed by atoms with Gasteiger partial charge in [0.25, 0.3) is 5.69 Å². The lowest BCUT2D eigenvalue weighted by atomic mass is 10.1. The number of carbonyl (C=O) groups is 2. The Bertz CT molecular complexity index is 1240. The van der Waals surface area contributed by atoms with Crippen molar-refractivity contribution in [3.05, 3.63) is 69.0 Å². The minimum Gasteiger partial charge on any atom is -0.325 e. The molecule has 2 N–H and O–H groups in total. The number of nitro benzene ring substituents is 1. The molecule has 11 heteroatoms.